The van der Waals surface area contributed by atoms with E-state index in [1.54, 1.807) is 12.1 Å². The molecule has 0 bridgehead atoms. The van der Waals surface area contributed by atoms with E-state index in [4.69, 9.17) is 0 Å². The van der Waals surface area contributed by atoms with E-state index in [1.807, 2.05) is 25.3 Å². The molecule has 1 aromatic heterocycles. The van der Waals surface area contributed by atoms with Gasteiger partial charge in [0.2, 0.25) is 5.91 Å². The van der Waals surface area contributed by atoms with Crippen LogP contribution in [-0.4, -0.2) is 26.7 Å². The number of aryl methyl sites for hydroxylation is 2. The summed E-state index contributed by atoms with van der Waals surface area (Å²) in [4.78, 5) is 12.7. The second-order valence-corrected chi connectivity index (χ2v) is 6.62. The van der Waals surface area contributed by atoms with Gasteiger partial charge in [-0.05, 0) is 44.9 Å². The first-order valence-corrected chi connectivity index (χ1v) is 7.83. The number of benzene rings is 1. The van der Waals surface area contributed by atoms with Gasteiger partial charge in [-0.15, -0.1) is 10.2 Å². The third kappa shape index (κ3) is 2.98. The second kappa shape index (κ2) is 5.76. The number of amides is 1. The fraction of sp³-hybridized carbons (Fsp3) is 0.471. The van der Waals surface area contributed by atoms with E-state index in [9.17, 15) is 9.18 Å². The van der Waals surface area contributed by atoms with Gasteiger partial charge in [0.15, 0.2) is 0 Å². The van der Waals surface area contributed by atoms with E-state index in [2.05, 4.69) is 15.5 Å². The highest BCUT2D eigenvalue weighted by Gasteiger charge is 2.32. The van der Waals surface area contributed by atoms with E-state index in [1.165, 1.54) is 12.1 Å². The summed E-state index contributed by atoms with van der Waals surface area (Å²) in [5.74, 6) is 1.41. The molecule has 1 N–H and O–H groups in total. The normalized spacial score (nSPS) is 17.7. The van der Waals surface area contributed by atoms with Gasteiger partial charge in [-0.3, -0.25) is 4.79 Å². The van der Waals surface area contributed by atoms with Crippen LogP contribution < -0.4 is 5.32 Å². The van der Waals surface area contributed by atoms with Gasteiger partial charge >= 0.3 is 0 Å². The number of aromatic nitrogens is 3. The Kier molecular flexibility index (Phi) is 3.92. The van der Waals surface area contributed by atoms with Gasteiger partial charge in [-0.25, -0.2) is 4.39 Å². The Bertz CT molecular complexity index is 738. The summed E-state index contributed by atoms with van der Waals surface area (Å²) in [6.07, 6.45) is 1.63. The summed E-state index contributed by atoms with van der Waals surface area (Å²) in [5, 5.41) is 11.3. The molecule has 0 saturated carbocycles. The molecule has 5 nitrogen and oxygen atoms in total. The maximum atomic E-state index is 13.4. The average Bonchev–Trinajstić information content (AvgIpc) is 2.88. The monoisotopic (exact) mass is 316 g/mol. The second-order valence-electron chi connectivity index (χ2n) is 6.62. The van der Waals surface area contributed by atoms with Crippen LogP contribution in [0.25, 0.3) is 0 Å². The topological polar surface area (TPSA) is 59.8 Å². The molecule has 1 aliphatic heterocycles. The molecule has 0 radical (unpaired) electrons. The molecule has 1 amide bonds. The first-order valence-electron chi connectivity index (χ1n) is 7.83. The number of carbonyl (C=O) groups is 1. The van der Waals surface area contributed by atoms with E-state index in [0.29, 0.717) is 12.1 Å². The summed E-state index contributed by atoms with van der Waals surface area (Å²) in [5.41, 5.74) is -0.114. The van der Waals surface area contributed by atoms with Crippen molar-refractivity contribution >= 4 is 5.91 Å². The Morgan fingerprint density at radius 2 is 2.17 bits per heavy atom. The lowest BCUT2D eigenvalue weighted by atomic mass is 9.83. The van der Waals surface area contributed by atoms with Gasteiger partial charge in [-0.2, -0.15) is 0 Å². The smallest absolute Gasteiger partial charge is 0.230 e. The number of nitrogens with one attached hydrogen (secondary N) is 1. The zero-order valence-corrected chi connectivity index (χ0v) is 13.6. The summed E-state index contributed by atoms with van der Waals surface area (Å²) >= 11 is 0. The van der Waals surface area contributed by atoms with Gasteiger partial charge in [-0.1, -0.05) is 12.1 Å². The van der Waals surface area contributed by atoms with Crippen LogP contribution in [0.15, 0.2) is 24.3 Å². The first-order chi connectivity index (χ1) is 10.9. The molecule has 0 aliphatic carbocycles. The Morgan fingerprint density at radius 3 is 2.91 bits per heavy atom. The molecule has 1 unspecified atom stereocenters. The quantitative estimate of drug-likeness (QED) is 0.944. The average molecular weight is 316 g/mol. The van der Waals surface area contributed by atoms with Gasteiger partial charge in [0.1, 0.15) is 17.5 Å². The fourth-order valence-corrected chi connectivity index (χ4v) is 2.95. The zero-order chi connectivity index (χ0) is 16.6. The molecule has 3 rings (SSSR count). The lowest BCUT2D eigenvalue weighted by Gasteiger charge is -2.30. The van der Waals surface area contributed by atoms with Crippen molar-refractivity contribution in [2.45, 2.75) is 51.6 Å². The van der Waals surface area contributed by atoms with E-state index in [-0.39, 0.29) is 17.8 Å². The van der Waals surface area contributed by atoms with Gasteiger partial charge in [0, 0.05) is 19.0 Å². The largest absolute Gasteiger partial charge is 0.351 e. The van der Waals surface area contributed by atoms with E-state index < -0.39 is 5.41 Å². The molecule has 2 heterocycles. The zero-order valence-electron chi connectivity index (χ0n) is 13.6. The van der Waals surface area contributed by atoms with Crippen LogP contribution in [-0.2, 0) is 23.2 Å². The summed E-state index contributed by atoms with van der Waals surface area (Å²) in [6.45, 7) is 6.22. The van der Waals surface area contributed by atoms with Crippen molar-refractivity contribution in [1.82, 2.24) is 20.1 Å². The molecule has 1 atom stereocenters. The SMILES string of the molecule is Cc1nnc2n1CC(NC(=O)C(C)(C)c1cccc(F)c1)CC2. The predicted molar refractivity (Wildman–Crippen MR) is 84.4 cm³/mol. The molecule has 0 fully saturated rings. The van der Waals surface area contributed by atoms with E-state index in [0.717, 1.165) is 24.5 Å². The van der Waals surface area contributed by atoms with Crippen LogP contribution in [0, 0.1) is 12.7 Å². The Labute approximate surface area is 134 Å². The molecule has 1 aliphatic rings. The molecule has 23 heavy (non-hydrogen) atoms. The highest BCUT2D eigenvalue weighted by Crippen LogP contribution is 2.25. The lowest BCUT2D eigenvalue weighted by Crippen LogP contribution is -2.48. The van der Waals surface area contributed by atoms with Crippen molar-refractivity contribution in [1.29, 1.82) is 0 Å². The summed E-state index contributed by atoms with van der Waals surface area (Å²) in [6, 6.07) is 6.26. The summed E-state index contributed by atoms with van der Waals surface area (Å²) in [7, 11) is 0. The van der Waals surface area contributed by atoms with Crippen molar-refractivity contribution in [3.05, 3.63) is 47.3 Å². The van der Waals surface area contributed by atoms with Gasteiger partial charge < -0.3 is 9.88 Å². The maximum Gasteiger partial charge on any atom is 0.230 e. The van der Waals surface area contributed by atoms with Crippen LogP contribution in [0.4, 0.5) is 4.39 Å². The highest BCUT2D eigenvalue weighted by molar-refractivity contribution is 5.87. The molecule has 122 valence electrons. The number of nitrogens with zero attached hydrogens (tertiary/aromatic N) is 3. The minimum atomic E-state index is -0.787. The molecular weight excluding hydrogens is 295 g/mol. The first kappa shape index (κ1) is 15.6. The molecule has 0 saturated heterocycles. The Balaban J connectivity index is 1.73. The number of carbonyl (C=O) groups excluding carboxylic acids is 1. The van der Waals surface area contributed by atoms with Crippen molar-refractivity contribution in [3.8, 4) is 0 Å². The lowest BCUT2D eigenvalue weighted by molar-refractivity contribution is -0.126. The maximum absolute atomic E-state index is 13.4. The molecular formula is C17H21FN4O. The number of hydrogen-bond acceptors (Lipinski definition) is 3. The van der Waals surface area contributed by atoms with Gasteiger partial charge in [0.25, 0.3) is 0 Å². The number of halogens is 1. The van der Waals surface area contributed by atoms with Crippen LogP contribution >= 0.6 is 0 Å². The van der Waals surface area contributed by atoms with Crippen molar-refractivity contribution < 1.29 is 9.18 Å². The standard InChI is InChI=1S/C17H21FN4O/c1-11-20-21-15-8-7-14(10-22(11)15)19-16(23)17(2,3)12-5-4-6-13(18)9-12/h4-6,9,14H,7-8,10H2,1-3H3,(H,19,23). The molecule has 6 heteroatoms. The van der Waals surface area contributed by atoms with Crippen molar-refractivity contribution in [3.63, 3.8) is 0 Å². The predicted octanol–water partition coefficient (Wildman–Crippen LogP) is 2.13. The Morgan fingerprint density at radius 1 is 1.39 bits per heavy atom. The van der Waals surface area contributed by atoms with E-state index >= 15 is 0 Å². The minimum absolute atomic E-state index is 0.0394. The minimum Gasteiger partial charge on any atom is -0.351 e. The van der Waals surface area contributed by atoms with Crippen LogP contribution in [0.5, 0.6) is 0 Å². The molecule has 0 spiro atoms. The third-order valence-electron chi connectivity index (χ3n) is 4.58. The Hall–Kier alpha value is -2.24. The third-order valence-corrected chi connectivity index (χ3v) is 4.58. The molecule has 2 aromatic rings. The number of fused-ring (bicyclic) bond motifs is 1. The highest BCUT2D eigenvalue weighted by atomic mass is 19.1. The van der Waals surface area contributed by atoms with Crippen molar-refractivity contribution in [2.75, 3.05) is 0 Å². The number of rotatable bonds is 3. The molecule has 1 aromatic carbocycles. The van der Waals surface area contributed by atoms with Crippen LogP contribution in [0.2, 0.25) is 0 Å². The van der Waals surface area contributed by atoms with Crippen LogP contribution in [0.3, 0.4) is 0 Å². The summed E-state index contributed by atoms with van der Waals surface area (Å²) < 4.78 is 15.5. The number of hydrogen-bond donors (Lipinski definition) is 1. The fourth-order valence-electron chi connectivity index (χ4n) is 2.95. The van der Waals surface area contributed by atoms with Crippen LogP contribution in [0.1, 0.15) is 37.5 Å². The van der Waals surface area contributed by atoms with Crippen molar-refractivity contribution in [2.24, 2.45) is 0 Å². The van der Waals surface area contributed by atoms with Gasteiger partial charge in [0.05, 0.1) is 5.41 Å².